The summed E-state index contributed by atoms with van der Waals surface area (Å²) in [5, 5.41) is 3.02. The molecule has 1 N–H and O–H groups in total. The SMILES string of the molecule is Cc1cccc(C)c1NC(=O)CN1CCN(C(=O)c2scnc2C)CC1. The monoisotopic (exact) mass is 372 g/mol. The molecule has 1 aromatic carbocycles. The predicted octanol–water partition coefficient (Wildman–Crippen LogP) is 2.46. The highest BCUT2D eigenvalue weighted by molar-refractivity contribution is 7.11. The Labute approximate surface area is 157 Å². The van der Waals surface area contributed by atoms with Gasteiger partial charge in [-0.15, -0.1) is 11.3 Å². The molecule has 1 aromatic heterocycles. The molecule has 0 atom stereocenters. The van der Waals surface area contributed by atoms with E-state index in [-0.39, 0.29) is 11.8 Å². The Kier molecular flexibility index (Phi) is 5.68. The molecule has 1 saturated heterocycles. The summed E-state index contributed by atoms with van der Waals surface area (Å²) in [7, 11) is 0. The molecule has 0 saturated carbocycles. The molecule has 0 radical (unpaired) electrons. The van der Waals surface area contributed by atoms with Crippen molar-refractivity contribution in [2.75, 3.05) is 38.0 Å². The van der Waals surface area contributed by atoms with E-state index in [0.717, 1.165) is 22.5 Å². The third-order valence-electron chi connectivity index (χ3n) is 4.71. The maximum absolute atomic E-state index is 12.5. The molecule has 2 amide bonds. The van der Waals surface area contributed by atoms with E-state index in [9.17, 15) is 9.59 Å². The van der Waals surface area contributed by atoms with Gasteiger partial charge in [0.1, 0.15) is 4.88 Å². The summed E-state index contributed by atoms with van der Waals surface area (Å²) in [6.45, 7) is 8.85. The van der Waals surface area contributed by atoms with Crippen LogP contribution < -0.4 is 5.32 Å². The van der Waals surface area contributed by atoms with Crippen molar-refractivity contribution < 1.29 is 9.59 Å². The molecular weight excluding hydrogens is 348 g/mol. The fourth-order valence-electron chi connectivity index (χ4n) is 3.15. The number of amides is 2. The lowest BCUT2D eigenvalue weighted by atomic mass is 10.1. The quantitative estimate of drug-likeness (QED) is 0.895. The summed E-state index contributed by atoms with van der Waals surface area (Å²) >= 11 is 1.39. The Hall–Kier alpha value is -2.25. The van der Waals surface area contributed by atoms with Gasteiger partial charge >= 0.3 is 0 Å². The van der Waals surface area contributed by atoms with Gasteiger partial charge < -0.3 is 10.2 Å². The standard InChI is InChI=1S/C19H24N4O2S/c1-13-5-4-6-14(2)17(13)21-16(24)11-22-7-9-23(10-8-22)19(25)18-15(3)20-12-26-18/h4-6,12H,7-11H2,1-3H3,(H,21,24). The van der Waals surface area contributed by atoms with Crippen LogP contribution in [-0.4, -0.2) is 59.3 Å². The average Bonchev–Trinajstić information content (AvgIpc) is 3.04. The van der Waals surface area contributed by atoms with Gasteiger partial charge in [0.05, 0.1) is 17.7 Å². The zero-order chi connectivity index (χ0) is 18.7. The normalized spacial score (nSPS) is 15.1. The van der Waals surface area contributed by atoms with Crippen molar-refractivity contribution in [3.63, 3.8) is 0 Å². The lowest BCUT2D eigenvalue weighted by molar-refractivity contribution is -0.117. The number of hydrogen-bond acceptors (Lipinski definition) is 5. The molecule has 2 heterocycles. The minimum absolute atomic E-state index is 0.0134. The fourth-order valence-corrected chi connectivity index (χ4v) is 3.92. The summed E-state index contributed by atoms with van der Waals surface area (Å²) in [5.74, 6) is 0.0325. The van der Waals surface area contributed by atoms with Gasteiger partial charge in [0.15, 0.2) is 0 Å². The van der Waals surface area contributed by atoms with E-state index in [0.29, 0.717) is 37.6 Å². The van der Waals surface area contributed by atoms with Crippen LogP contribution in [0.5, 0.6) is 0 Å². The van der Waals surface area contributed by atoms with E-state index < -0.39 is 0 Å². The molecule has 138 valence electrons. The molecule has 6 nitrogen and oxygen atoms in total. The summed E-state index contributed by atoms with van der Waals surface area (Å²) in [5.41, 5.74) is 5.52. The van der Waals surface area contributed by atoms with Gasteiger partial charge in [-0.05, 0) is 31.9 Å². The first-order valence-electron chi connectivity index (χ1n) is 8.73. The third-order valence-corrected chi connectivity index (χ3v) is 5.63. The Morgan fingerprint density at radius 2 is 1.77 bits per heavy atom. The number of carbonyl (C=O) groups is 2. The van der Waals surface area contributed by atoms with Crippen LogP contribution in [0.2, 0.25) is 0 Å². The first-order chi connectivity index (χ1) is 12.5. The van der Waals surface area contributed by atoms with Crippen LogP contribution in [0.3, 0.4) is 0 Å². The second-order valence-corrected chi connectivity index (χ2v) is 7.50. The van der Waals surface area contributed by atoms with Gasteiger partial charge in [-0.25, -0.2) is 4.98 Å². The topological polar surface area (TPSA) is 65.5 Å². The van der Waals surface area contributed by atoms with Crippen LogP contribution in [0.15, 0.2) is 23.7 Å². The molecule has 1 fully saturated rings. The summed E-state index contributed by atoms with van der Waals surface area (Å²) in [4.78, 5) is 33.7. The van der Waals surface area contributed by atoms with Crippen molar-refractivity contribution in [3.05, 3.63) is 45.4 Å². The van der Waals surface area contributed by atoms with E-state index in [1.54, 1.807) is 5.51 Å². The molecule has 3 rings (SSSR count). The van der Waals surface area contributed by atoms with E-state index in [4.69, 9.17) is 0 Å². The lowest BCUT2D eigenvalue weighted by Gasteiger charge is -2.34. The summed E-state index contributed by atoms with van der Waals surface area (Å²) < 4.78 is 0. The van der Waals surface area contributed by atoms with Crippen LogP contribution in [0, 0.1) is 20.8 Å². The van der Waals surface area contributed by atoms with Gasteiger partial charge in [-0.1, -0.05) is 18.2 Å². The highest BCUT2D eigenvalue weighted by Gasteiger charge is 2.25. The summed E-state index contributed by atoms with van der Waals surface area (Å²) in [6.07, 6.45) is 0. The summed E-state index contributed by atoms with van der Waals surface area (Å²) in [6, 6.07) is 5.98. The van der Waals surface area contributed by atoms with Crippen molar-refractivity contribution in [3.8, 4) is 0 Å². The average molecular weight is 372 g/mol. The van der Waals surface area contributed by atoms with Crippen LogP contribution in [0.4, 0.5) is 5.69 Å². The van der Waals surface area contributed by atoms with Crippen molar-refractivity contribution in [1.82, 2.24) is 14.8 Å². The first kappa shape index (κ1) is 18.5. The van der Waals surface area contributed by atoms with Gasteiger partial charge in [-0.3, -0.25) is 14.5 Å². The molecule has 7 heteroatoms. The van der Waals surface area contributed by atoms with Crippen molar-refractivity contribution in [2.45, 2.75) is 20.8 Å². The van der Waals surface area contributed by atoms with Crippen molar-refractivity contribution >= 4 is 28.8 Å². The third kappa shape index (κ3) is 4.11. The van der Waals surface area contributed by atoms with Gasteiger partial charge in [-0.2, -0.15) is 0 Å². The maximum Gasteiger partial charge on any atom is 0.265 e. The molecule has 1 aliphatic heterocycles. The van der Waals surface area contributed by atoms with Crippen LogP contribution in [0.25, 0.3) is 0 Å². The Bertz CT molecular complexity index is 789. The Balaban J connectivity index is 1.52. The first-order valence-corrected chi connectivity index (χ1v) is 9.61. The maximum atomic E-state index is 12.5. The molecule has 0 unspecified atom stereocenters. The van der Waals surface area contributed by atoms with Crippen LogP contribution in [0.1, 0.15) is 26.5 Å². The minimum Gasteiger partial charge on any atom is -0.335 e. The molecule has 0 spiro atoms. The number of aryl methyl sites for hydroxylation is 3. The number of rotatable bonds is 4. The molecular formula is C19H24N4O2S. The van der Waals surface area contributed by atoms with E-state index in [1.807, 2.05) is 43.9 Å². The number of benzene rings is 1. The van der Waals surface area contributed by atoms with E-state index in [1.165, 1.54) is 11.3 Å². The van der Waals surface area contributed by atoms with Gasteiger partial charge in [0.2, 0.25) is 5.91 Å². The second kappa shape index (κ2) is 7.97. The largest absolute Gasteiger partial charge is 0.335 e. The smallest absolute Gasteiger partial charge is 0.265 e. The van der Waals surface area contributed by atoms with Crippen LogP contribution in [-0.2, 0) is 4.79 Å². The number of thiazole rings is 1. The highest BCUT2D eigenvalue weighted by Crippen LogP contribution is 2.20. The van der Waals surface area contributed by atoms with Crippen molar-refractivity contribution in [2.24, 2.45) is 0 Å². The zero-order valence-corrected chi connectivity index (χ0v) is 16.2. The lowest BCUT2D eigenvalue weighted by Crippen LogP contribution is -2.50. The predicted molar refractivity (Wildman–Crippen MR) is 104 cm³/mol. The van der Waals surface area contributed by atoms with Gasteiger partial charge in [0, 0.05) is 31.9 Å². The number of anilines is 1. The number of aromatic nitrogens is 1. The zero-order valence-electron chi connectivity index (χ0n) is 15.4. The number of nitrogens with zero attached hydrogens (tertiary/aromatic N) is 3. The second-order valence-electron chi connectivity index (χ2n) is 6.65. The molecule has 2 aromatic rings. The highest BCUT2D eigenvalue weighted by atomic mass is 32.1. The van der Waals surface area contributed by atoms with Crippen LogP contribution >= 0.6 is 11.3 Å². The molecule has 0 bridgehead atoms. The number of carbonyl (C=O) groups excluding carboxylic acids is 2. The molecule has 0 aliphatic carbocycles. The van der Waals surface area contributed by atoms with Crippen molar-refractivity contribution in [1.29, 1.82) is 0 Å². The number of para-hydroxylation sites is 1. The number of nitrogens with one attached hydrogen (secondary N) is 1. The minimum atomic E-state index is -0.0134. The van der Waals surface area contributed by atoms with Gasteiger partial charge in [0.25, 0.3) is 5.91 Å². The number of hydrogen-bond donors (Lipinski definition) is 1. The molecule has 1 aliphatic rings. The number of piperazine rings is 1. The van der Waals surface area contributed by atoms with E-state index >= 15 is 0 Å². The molecule has 26 heavy (non-hydrogen) atoms. The van der Waals surface area contributed by atoms with E-state index in [2.05, 4.69) is 15.2 Å². The Morgan fingerprint density at radius 3 is 2.35 bits per heavy atom. The Morgan fingerprint density at radius 1 is 1.12 bits per heavy atom. The fraction of sp³-hybridized carbons (Fsp3) is 0.421.